The molecule has 0 aromatic heterocycles. The number of anilines is 3. The van der Waals surface area contributed by atoms with E-state index in [4.69, 9.17) is 0 Å². The van der Waals surface area contributed by atoms with Crippen LogP contribution in [0.4, 0.5) is 17.1 Å². The molecule has 0 aliphatic heterocycles. The van der Waals surface area contributed by atoms with E-state index in [-0.39, 0.29) is 0 Å². The molecule has 0 spiro atoms. The molecule has 0 atom stereocenters. The zero-order chi connectivity index (χ0) is 38.0. The number of hydrogen-bond donors (Lipinski definition) is 0. The van der Waals surface area contributed by atoms with Crippen molar-refractivity contribution in [3.63, 3.8) is 0 Å². The van der Waals surface area contributed by atoms with Crippen LogP contribution in [0.1, 0.15) is 0 Å². The van der Waals surface area contributed by atoms with Crippen molar-refractivity contribution in [2.45, 2.75) is 0 Å². The lowest BCUT2D eigenvalue weighted by atomic mass is 9.88. The molecule has 1 nitrogen and oxygen atoms in total. The number of hydrogen-bond acceptors (Lipinski definition) is 1. The number of para-hydroxylation sites is 1. The number of nitrogens with zero attached hydrogens (tertiary/aromatic N) is 1. The van der Waals surface area contributed by atoms with Crippen LogP contribution in [-0.4, -0.2) is 0 Å². The van der Waals surface area contributed by atoms with E-state index in [0.717, 1.165) is 39.3 Å². The van der Waals surface area contributed by atoms with Gasteiger partial charge in [0.15, 0.2) is 0 Å². The Morgan fingerprint density at radius 1 is 0.228 bits per heavy atom. The monoisotopic (exact) mass is 725 g/mol. The Hall–Kier alpha value is -7.48. The highest BCUT2D eigenvalue weighted by Gasteiger charge is 2.24. The zero-order valence-electron chi connectivity index (χ0n) is 31.5. The minimum Gasteiger partial charge on any atom is -0.309 e. The van der Waals surface area contributed by atoms with Gasteiger partial charge in [0.2, 0.25) is 0 Å². The van der Waals surface area contributed by atoms with E-state index in [2.05, 4.69) is 241 Å². The summed E-state index contributed by atoms with van der Waals surface area (Å²) >= 11 is 0. The number of benzene rings is 10. The molecule has 0 N–H and O–H groups in total. The van der Waals surface area contributed by atoms with Crippen molar-refractivity contribution in [3.8, 4) is 55.6 Å². The summed E-state index contributed by atoms with van der Waals surface area (Å²) in [5, 5.41) is 4.98. The average molecular weight is 726 g/mol. The van der Waals surface area contributed by atoms with Crippen LogP contribution in [0, 0.1) is 0 Å². The lowest BCUT2D eigenvalue weighted by Crippen LogP contribution is -2.13. The van der Waals surface area contributed by atoms with Crippen LogP contribution in [0.15, 0.2) is 237 Å². The van der Waals surface area contributed by atoms with Gasteiger partial charge in [0.25, 0.3) is 0 Å². The summed E-state index contributed by atoms with van der Waals surface area (Å²) in [5.41, 5.74) is 15.1. The Morgan fingerprint density at radius 2 is 0.684 bits per heavy atom. The first-order chi connectivity index (χ1) is 28.3. The first-order valence-electron chi connectivity index (χ1n) is 19.6. The van der Waals surface area contributed by atoms with E-state index in [9.17, 15) is 0 Å². The Morgan fingerprint density at radius 3 is 1.28 bits per heavy atom. The van der Waals surface area contributed by atoms with Crippen LogP contribution in [0.25, 0.3) is 77.2 Å². The molecular formula is C56H39N. The molecule has 0 amide bonds. The minimum atomic E-state index is 1.08. The second kappa shape index (κ2) is 15.0. The molecule has 0 heterocycles. The van der Waals surface area contributed by atoms with Gasteiger partial charge in [-0.2, -0.15) is 0 Å². The summed E-state index contributed by atoms with van der Waals surface area (Å²) in [6.45, 7) is 0. The normalized spacial score (nSPS) is 11.2. The fourth-order valence-electron chi connectivity index (χ4n) is 8.37. The predicted molar refractivity (Wildman–Crippen MR) is 243 cm³/mol. The van der Waals surface area contributed by atoms with Gasteiger partial charge in [-0.3, -0.25) is 0 Å². The van der Waals surface area contributed by atoms with Gasteiger partial charge in [0, 0.05) is 22.5 Å². The van der Waals surface area contributed by atoms with Crippen molar-refractivity contribution in [2.24, 2.45) is 0 Å². The van der Waals surface area contributed by atoms with Crippen molar-refractivity contribution in [2.75, 3.05) is 4.90 Å². The van der Waals surface area contributed by atoms with E-state index < -0.39 is 0 Å². The number of rotatable bonds is 8. The Bertz CT molecular complexity index is 2910. The molecule has 0 aliphatic rings. The highest BCUT2D eigenvalue weighted by atomic mass is 15.1. The predicted octanol–water partition coefficient (Wildman–Crippen LogP) is 15.8. The molecular weight excluding hydrogens is 687 g/mol. The van der Waals surface area contributed by atoms with Gasteiger partial charge in [0.05, 0.1) is 5.69 Å². The van der Waals surface area contributed by atoms with E-state index in [1.807, 2.05) is 0 Å². The lowest BCUT2D eigenvalue weighted by Gasteiger charge is -2.31. The minimum absolute atomic E-state index is 1.08. The maximum absolute atomic E-state index is 2.47. The third kappa shape index (κ3) is 6.46. The van der Waals surface area contributed by atoms with Crippen molar-refractivity contribution in [1.82, 2.24) is 0 Å². The quantitative estimate of drug-likeness (QED) is 0.141. The largest absolute Gasteiger partial charge is 0.309 e. The Labute approximate surface area is 334 Å². The standard InChI is InChI=1S/C56H39N/c1-5-18-40(19-6-1)41-32-34-46(35-33-41)57(56-50(43-22-9-3-10-23-43)30-17-31-51(56)44-24-11-4-12-25-44)47-36-37-49(42-20-7-2-8-21-42)55(39-47)54-38-45-26-13-14-27-48(45)52-28-15-16-29-53(52)54/h1-39H. The van der Waals surface area contributed by atoms with Crippen LogP contribution >= 0.6 is 0 Å². The van der Waals surface area contributed by atoms with Gasteiger partial charge in [0.1, 0.15) is 0 Å². The van der Waals surface area contributed by atoms with E-state index in [1.165, 1.54) is 54.9 Å². The first kappa shape index (κ1) is 34.0. The van der Waals surface area contributed by atoms with Gasteiger partial charge in [-0.25, -0.2) is 0 Å². The molecule has 0 bridgehead atoms. The second-order valence-electron chi connectivity index (χ2n) is 14.5. The van der Waals surface area contributed by atoms with Gasteiger partial charge < -0.3 is 4.90 Å². The molecule has 10 rings (SSSR count). The van der Waals surface area contributed by atoms with Gasteiger partial charge in [-0.05, 0) is 96.4 Å². The molecule has 1 heteroatoms. The van der Waals surface area contributed by atoms with Crippen LogP contribution in [0.5, 0.6) is 0 Å². The van der Waals surface area contributed by atoms with Crippen molar-refractivity contribution in [1.29, 1.82) is 0 Å². The van der Waals surface area contributed by atoms with Crippen molar-refractivity contribution >= 4 is 38.6 Å². The molecule has 0 saturated heterocycles. The summed E-state index contributed by atoms with van der Waals surface area (Å²) in [5.74, 6) is 0. The van der Waals surface area contributed by atoms with E-state index >= 15 is 0 Å². The van der Waals surface area contributed by atoms with Gasteiger partial charge in [-0.1, -0.05) is 206 Å². The van der Waals surface area contributed by atoms with Gasteiger partial charge in [-0.15, -0.1) is 0 Å². The third-order valence-electron chi connectivity index (χ3n) is 11.1. The van der Waals surface area contributed by atoms with Crippen LogP contribution in [-0.2, 0) is 0 Å². The fraction of sp³-hybridized carbons (Fsp3) is 0. The molecule has 57 heavy (non-hydrogen) atoms. The van der Waals surface area contributed by atoms with Crippen LogP contribution in [0.3, 0.4) is 0 Å². The molecule has 10 aromatic carbocycles. The molecule has 0 unspecified atom stereocenters. The molecule has 0 radical (unpaired) electrons. The zero-order valence-corrected chi connectivity index (χ0v) is 31.5. The summed E-state index contributed by atoms with van der Waals surface area (Å²) in [4.78, 5) is 2.47. The van der Waals surface area contributed by atoms with Crippen molar-refractivity contribution in [3.05, 3.63) is 237 Å². The SMILES string of the molecule is c1ccc(-c2ccc(N(c3ccc(-c4ccccc4)c(-c4cc5ccccc5c5ccccc45)c3)c3c(-c4ccccc4)cccc3-c3ccccc3)cc2)cc1. The molecule has 0 saturated carbocycles. The topological polar surface area (TPSA) is 3.24 Å². The third-order valence-corrected chi connectivity index (χ3v) is 11.1. The second-order valence-corrected chi connectivity index (χ2v) is 14.5. The first-order valence-corrected chi connectivity index (χ1v) is 19.6. The Balaban J connectivity index is 1.29. The van der Waals surface area contributed by atoms with E-state index in [0.29, 0.717) is 0 Å². The highest BCUT2D eigenvalue weighted by Crippen LogP contribution is 2.49. The maximum Gasteiger partial charge on any atom is 0.0618 e. The highest BCUT2D eigenvalue weighted by molar-refractivity contribution is 6.15. The summed E-state index contributed by atoms with van der Waals surface area (Å²) in [6, 6.07) is 85.8. The van der Waals surface area contributed by atoms with E-state index in [1.54, 1.807) is 0 Å². The summed E-state index contributed by atoms with van der Waals surface area (Å²) < 4.78 is 0. The molecule has 10 aromatic rings. The lowest BCUT2D eigenvalue weighted by molar-refractivity contribution is 1.28. The molecule has 0 fully saturated rings. The van der Waals surface area contributed by atoms with Crippen molar-refractivity contribution < 1.29 is 0 Å². The molecule has 268 valence electrons. The maximum atomic E-state index is 2.47. The summed E-state index contributed by atoms with van der Waals surface area (Å²) in [6.07, 6.45) is 0. The average Bonchev–Trinajstić information content (AvgIpc) is 3.30. The Kier molecular flexibility index (Phi) is 8.95. The van der Waals surface area contributed by atoms with Crippen LogP contribution in [0.2, 0.25) is 0 Å². The smallest absolute Gasteiger partial charge is 0.0618 e. The fourth-order valence-corrected chi connectivity index (χ4v) is 8.37. The summed E-state index contributed by atoms with van der Waals surface area (Å²) in [7, 11) is 0. The molecule has 0 aliphatic carbocycles. The van der Waals surface area contributed by atoms with Gasteiger partial charge >= 0.3 is 0 Å². The number of fused-ring (bicyclic) bond motifs is 3. The van der Waals surface area contributed by atoms with Crippen LogP contribution < -0.4 is 4.90 Å².